The number of amides is 1. The summed E-state index contributed by atoms with van der Waals surface area (Å²) >= 11 is 0. The number of rotatable bonds is 7. The van der Waals surface area contributed by atoms with Gasteiger partial charge in [-0.15, -0.1) is 0 Å². The lowest BCUT2D eigenvalue weighted by Gasteiger charge is -2.26. The number of imidazole rings is 1. The van der Waals surface area contributed by atoms with Gasteiger partial charge in [0, 0.05) is 26.6 Å². The van der Waals surface area contributed by atoms with E-state index in [1.165, 1.54) is 23.6 Å². The largest absolute Gasteiger partial charge is 0.310 e. The summed E-state index contributed by atoms with van der Waals surface area (Å²) < 4.78 is 2.16. The van der Waals surface area contributed by atoms with Crippen LogP contribution in [0.25, 0.3) is 16.6 Å². The van der Waals surface area contributed by atoms with Crippen LogP contribution in [0.15, 0.2) is 54.6 Å². The number of anilines is 1. The molecule has 1 amide bonds. The predicted octanol–water partition coefficient (Wildman–Crippen LogP) is 4.87. The minimum absolute atomic E-state index is 0.0847. The highest BCUT2D eigenvalue weighted by Gasteiger charge is 2.15. The van der Waals surface area contributed by atoms with Gasteiger partial charge in [0.25, 0.3) is 0 Å². The van der Waals surface area contributed by atoms with Gasteiger partial charge in [0.15, 0.2) is 0 Å². The van der Waals surface area contributed by atoms with E-state index in [2.05, 4.69) is 69.2 Å². The van der Waals surface area contributed by atoms with Crippen LogP contribution in [0.5, 0.6) is 0 Å². The van der Waals surface area contributed by atoms with E-state index in [1.807, 2.05) is 12.1 Å². The molecule has 0 atom stereocenters. The Labute approximate surface area is 178 Å². The van der Waals surface area contributed by atoms with Gasteiger partial charge in [-0.05, 0) is 55.5 Å². The van der Waals surface area contributed by atoms with E-state index < -0.39 is 0 Å². The van der Waals surface area contributed by atoms with Crippen molar-refractivity contribution in [2.75, 3.05) is 25.0 Å². The lowest BCUT2D eigenvalue weighted by Crippen LogP contribution is -2.29. The lowest BCUT2D eigenvalue weighted by atomic mass is 9.99. The zero-order valence-corrected chi connectivity index (χ0v) is 17.9. The minimum atomic E-state index is -0.0847. The van der Waals surface area contributed by atoms with Gasteiger partial charge in [-0.2, -0.15) is 0 Å². The monoisotopic (exact) mass is 402 g/mol. The molecule has 5 heteroatoms. The third-order valence-electron chi connectivity index (χ3n) is 5.80. The van der Waals surface area contributed by atoms with Crippen LogP contribution in [-0.2, 0) is 11.3 Å². The topological polar surface area (TPSA) is 50.2 Å². The second-order valence-corrected chi connectivity index (χ2v) is 8.06. The smallest absolute Gasteiger partial charge is 0.223 e. The molecule has 0 spiro atoms. The van der Waals surface area contributed by atoms with Crippen LogP contribution in [0.1, 0.15) is 37.3 Å². The zero-order chi connectivity index (χ0) is 20.9. The molecular weight excluding hydrogens is 372 g/mol. The zero-order valence-electron chi connectivity index (χ0n) is 17.9. The Kier molecular flexibility index (Phi) is 6.29. The standard InChI is InChI=1S/C25H30N4O/c1-19-9-8-12-23-24(19)29(25(27-23)26-20(2)30)16-7-6-15-28-17-13-22(14-18-28)21-10-4-3-5-11-21/h3-5,8-13H,6-7,14-18H2,1-2H3,(H,26,27,30). The first-order chi connectivity index (χ1) is 14.6. The van der Waals surface area contributed by atoms with Crippen molar-refractivity contribution in [3.8, 4) is 0 Å². The third-order valence-corrected chi connectivity index (χ3v) is 5.80. The van der Waals surface area contributed by atoms with Crippen LogP contribution < -0.4 is 5.32 Å². The maximum absolute atomic E-state index is 11.6. The normalized spacial score (nSPS) is 14.7. The highest BCUT2D eigenvalue weighted by atomic mass is 16.1. The Bertz CT molecular complexity index is 1050. The second kappa shape index (κ2) is 9.26. The Balaban J connectivity index is 1.34. The molecule has 0 unspecified atom stereocenters. The van der Waals surface area contributed by atoms with Crippen molar-refractivity contribution in [3.05, 3.63) is 65.7 Å². The molecule has 2 heterocycles. The summed E-state index contributed by atoms with van der Waals surface area (Å²) in [7, 11) is 0. The van der Waals surface area contributed by atoms with Gasteiger partial charge >= 0.3 is 0 Å². The number of aryl methyl sites for hydroxylation is 2. The predicted molar refractivity (Wildman–Crippen MR) is 123 cm³/mol. The fraction of sp³-hybridized carbons (Fsp3) is 0.360. The number of para-hydroxylation sites is 1. The average molecular weight is 403 g/mol. The molecule has 4 rings (SSSR count). The number of aromatic nitrogens is 2. The number of nitrogens with one attached hydrogen (secondary N) is 1. The molecule has 1 aliphatic heterocycles. The van der Waals surface area contributed by atoms with Crippen LogP contribution in [0.2, 0.25) is 0 Å². The summed E-state index contributed by atoms with van der Waals surface area (Å²) in [5.74, 6) is 0.568. The molecule has 3 aromatic rings. The van der Waals surface area contributed by atoms with E-state index in [9.17, 15) is 4.79 Å². The van der Waals surface area contributed by atoms with Crippen molar-refractivity contribution in [2.45, 2.75) is 39.7 Å². The summed E-state index contributed by atoms with van der Waals surface area (Å²) in [6, 6.07) is 16.8. The summed E-state index contributed by atoms with van der Waals surface area (Å²) in [6.45, 7) is 7.72. The van der Waals surface area contributed by atoms with Crippen molar-refractivity contribution < 1.29 is 4.79 Å². The number of hydrogen-bond acceptors (Lipinski definition) is 3. The fourth-order valence-corrected chi connectivity index (χ4v) is 4.27. The van der Waals surface area contributed by atoms with Crippen LogP contribution in [0, 0.1) is 6.92 Å². The molecule has 0 saturated heterocycles. The van der Waals surface area contributed by atoms with Gasteiger partial charge in [-0.3, -0.25) is 15.0 Å². The summed E-state index contributed by atoms with van der Waals surface area (Å²) in [4.78, 5) is 18.8. The van der Waals surface area contributed by atoms with E-state index in [-0.39, 0.29) is 5.91 Å². The number of unbranched alkanes of at least 4 members (excludes halogenated alkanes) is 1. The van der Waals surface area contributed by atoms with Crippen LogP contribution in [0.4, 0.5) is 5.95 Å². The third kappa shape index (κ3) is 4.62. The Morgan fingerprint density at radius 2 is 1.87 bits per heavy atom. The fourth-order valence-electron chi connectivity index (χ4n) is 4.27. The molecule has 0 aliphatic carbocycles. The van der Waals surface area contributed by atoms with Crippen LogP contribution >= 0.6 is 0 Å². The second-order valence-electron chi connectivity index (χ2n) is 8.06. The molecule has 1 aliphatic rings. The van der Waals surface area contributed by atoms with E-state index in [0.29, 0.717) is 5.95 Å². The van der Waals surface area contributed by atoms with E-state index in [1.54, 1.807) is 0 Å². The molecule has 156 valence electrons. The van der Waals surface area contributed by atoms with Gasteiger partial charge in [0.05, 0.1) is 11.0 Å². The number of fused-ring (bicyclic) bond motifs is 1. The number of carbonyl (C=O) groups excluding carboxylic acids is 1. The highest BCUT2D eigenvalue weighted by molar-refractivity contribution is 5.90. The molecule has 0 radical (unpaired) electrons. The van der Waals surface area contributed by atoms with E-state index >= 15 is 0 Å². The summed E-state index contributed by atoms with van der Waals surface area (Å²) in [5, 5.41) is 2.90. The maximum Gasteiger partial charge on any atom is 0.223 e. The van der Waals surface area contributed by atoms with Crippen molar-refractivity contribution in [1.82, 2.24) is 14.5 Å². The van der Waals surface area contributed by atoms with Gasteiger partial charge in [-0.25, -0.2) is 4.98 Å². The van der Waals surface area contributed by atoms with Crippen molar-refractivity contribution in [3.63, 3.8) is 0 Å². The van der Waals surface area contributed by atoms with Gasteiger partial charge in [0.1, 0.15) is 0 Å². The first-order valence-corrected chi connectivity index (χ1v) is 10.8. The molecule has 0 bridgehead atoms. The van der Waals surface area contributed by atoms with Crippen LogP contribution in [0.3, 0.4) is 0 Å². The van der Waals surface area contributed by atoms with Crippen LogP contribution in [-0.4, -0.2) is 40.0 Å². The highest BCUT2D eigenvalue weighted by Crippen LogP contribution is 2.25. The van der Waals surface area contributed by atoms with E-state index in [0.717, 1.165) is 56.5 Å². The number of carbonyl (C=O) groups is 1. The van der Waals surface area contributed by atoms with Gasteiger partial charge < -0.3 is 4.57 Å². The number of benzene rings is 2. The quantitative estimate of drug-likeness (QED) is 0.574. The lowest BCUT2D eigenvalue weighted by molar-refractivity contribution is -0.114. The number of hydrogen-bond donors (Lipinski definition) is 1. The molecule has 30 heavy (non-hydrogen) atoms. The molecule has 1 aromatic heterocycles. The van der Waals surface area contributed by atoms with Crippen molar-refractivity contribution in [1.29, 1.82) is 0 Å². The molecule has 5 nitrogen and oxygen atoms in total. The molecule has 0 fully saturated rings. The Hall–Kier alpha value is -2.92. The maximum atomic E-state index is 11.6. The first-order valence-electron chi connectivity index (χ1n) is 10.8. The average Bonchev–Trinajstić information content (AvgIpc) is 3.10. The van der Waals surface area contributed by atoms with Crippen molar-refractivity contribution >= 4 is 28.5 Å². The SMILES string of the molecule is CC(=O)Nc1nc2cccc(C)c2n1CCCCN1CC=C(c2ccccc2)CC1. The van der Waals surface area contributed by atoms with E-state index in [4.69, 9.17) is 0 Å². The first kappa shape index (κ1) is 20.4. The summed E-state index contributed by atoms with van der Waals surface area (Å²) in [5.41, 5.74) is 6.06. The molecule has 0 saturated carbocycles. The Morgan fingerprint density at radius 1 is 1.07 bits per heavy atom. The van der Waals surface area contributed by atoms with Gasteiger partial charge in [-0.1, -0.05) is 48.5 Å². The molecule has 1 N–H and O–H groups in total. The minimum Gasteiger partial charge on any atom is -0.310 e. The van der Waals surface area contributed by atoms with Crippen molar-refractivity contribution in [2.24, 2.45) is 0 Å². The Morgan fingerprint density at radius 3 is 2.60 bits per heavy atom. The molecular formula is C25H30N4O. The summed E-state index contributed by atoms with van der Waals surface area (Å²) in [6.07, 6.45) is 5.67. The van der Waals surface area contributed by atoms with Gasteiger partial charge in [0.2, 0.25) is 11.9 Å². The molecule has 2 aromatic carbocycles. The number of nitrogens with zero attached hydrogens (tertiary/aromatic N) is 3.